The number of carbonyl (C=O) groups excluding carboxylic acids is 1. The largest absolute Gasteiger partial charge is 0.462 e. The van der Waals surface area contributed by atoms with Crippen LogP contribution in [0.2, 0.25) is 0 Å². The third kappa shape index (κ3) is 4.08. The van der Waals surface area contributed by atoms with Crippen molar-refractivity contribution >= 4 is 28.6 Å². The van der Waals surface area contributed by atoms with Gasteiger partial charge in [-0.05, 0) is 49.4 Å². The number of hydrogen-bond acceptors (Lipinski definition) is 4. The van der Waals surface area contributed by atoms with E-state index >= 15 is 0 Å². The van der Waals surface area contributed by atoms with E-state index in [0.717, 1.165) is 0 Å². The summed E-state index contributed by atoms with van der Waals surface area (Å²) in [5, 5.41) is 0. The first-order valence-electron chi connectivity index (χ1n) is 4.81. The standard InChI is InChI=1S/C10H15IO4/c1-4-13-9(12)8(11)5-7-6-14-10(2,3)15-7/h5,7H,4,6H2,1-3H3/b8-5-/t7-/m0/s1. The van der Waals surface area contributed by atoms with Gasteiger partial charge >= 0.3 is 5.97 Å². The van der Waals surface area contributed by atoms with Crippen LogP contribution >= 0.6 is 22.6 Å². The molecule has 4 nitrogen and oxygen atoms in total. The summed E-state index contributed by atoms with van der Waals surface area (Å²) in [6.07, 6.45) is 1.56. The molecule has 1 heterocycles. The lowest BCUT2D eigenvalue weighted by Gasteiger charge is -2.15. The molecule has 0 aromatic heterocycles. The molecule has 0 bridgehead atoms. The van der Waals surface area contributed by atoms with Crippen molar-refractivity contribution in [1.29, 1.82) is 0 Å². The molecule has 0 saturated carbocycles. The maximum Gasteiger partial charge on any atom is 0.344 e. The summed E-state index contributed by atoms with van der Waals surface area (Å²) in [5.74, 6) is -0.876. The second kappa shape index (κ2) is 5.27. The predicted molar refractivity (Wildman–Crippen MR) is 63.6 cm³/mol. The van der Waals surface area contributed by atoms with E-state index in [1.807, 2.05) is 36.4 Å². The SMILES string of the molecule is CCOC(=O)/C(I)=C/[C@H]1COC(C)(C)O1. The Morgan fingerprint density at radius 2 is 2.33 bits per heavy atom. The zero-order chi connectivity index (χ0) is 11.5. The quantitative estimate of drug-likeness (QED) is 0.452. The van der Waals surface area contributed by atoms with E-state index < -0.39 is 5.79 Å². The smallest absolute Gasteiger partial charge is 0.344 e. The Morgan fingerprint density at radius 3 is 2.80 bits per heavy atom. The third-order valence-electron chi connectivity index (χ3n) is 1.83. The molecule has 0 N–H and O–H groups in total. The highest BCUT2D eigenvalue weighted by atomic mass is 127. The maximum atomic E-state index is 11.3. The van der Waals surface area contributed by atoms with Crippen molar-refractivity contribution < 1.29 is 19.0 Å². The average molecular weight is 326 g/mol. The Bertz CT molecular complexity index is 273. The van der Waals surface area contributed by atoms with Crippen LogP contribution in [0.3, 0.4) is 0 Å². The maximum absolute atomic E-state index is 11.3. The summed E-state index contributed by atoms with van der Waals surface area (Å²) in [7, 11) is 0. The molecule has 0 unspecified atom stereocenters. The second-order valence-corrected chi connectivity index (χ2v) is 4.76. The van der Waals surface area contributed by atoms with Gasteiger partial charge in [0.05, 0.1) is 16.8 Å². The molecule has 0 aromatic rings. The van der Waals surface area contributed by atoms with Crippen molar-refractivity contribution in [2.45, 2.75) is 32.7 Å². The van der Waals surface area contributed by atoms with Gasteiger partial charge in [0.1, 0.15) is 6.10 Å². The summed E-state index contributed by atoms with van der Waals surface area (Å²) in [6, 6.07) is 0. The van der Waals surface area contributed by atoms with E-state index in [2.05, 4.69) is 0 Å². The van der Waals surface area contributed by atoms with Gasteiger partial charge in [0.15, 0.2) is 5.79 Å². The highest BCUT2D eigenvalue weighted by Crippen LogP contribution is 2.24. The second-order valence-electron chi connectivity index (χ2n) is 3.60. The van der Waals surface area contributed by atoms with Crippen LogP contribution in [0.1, 0.15) is 20.8 Å². The van der Waals surface area contributed by atoms with Crippen molar-refractivity contribution in [3.8, 4) is 0 Å². The minimum Gasteiger partial charge on any atom is -0.462 e. The first kappa shape index (κ1) is 12.9. The molecule has 0 spiro atoms. The van der Waals surface area contributed by atoms with E-state index in [-0.39, 0.29) is 12.1 Å². The van der Waals surface area contributed by atoms with Gasteiger partial charge in [-0.15, -0.1) is 0 Å². The molecule has 1 aliphatic heterocycles. The van der Waals surface area contributed by atoms with Crippen molar-refractivity contribution in [1.82, 2.24) is 0 Å². The van der Waals surface area contributed by atoms with Crippen LogP contribution in [0.15, 0.2) is 9.66 Å². The molecule has 0 radical (unpaired) electrons. The minimum absolute atomic E-state index is 0.170. The van der Waals surface area contributed by atoms with Crippen molar-refractivity contribution in [3.05, 3.63) is 9.66 Å². The number of rotatable bonds is 3. The molecule has 0 aliphatic carbocycles. The van der Waals surface area contributed by atoms with Crippen LogP contribution in [-0.2, 0) is 19.0 Å². The molecular formula is C10H15IO4. The van der Waals surface area contributed by atoms with E-state index in [9.17, 15) is 4.79 Å². The number of hydrogen-bond donors (Lipinski definition) is 0. The minimum atomic E-state index is -0.563. The molecule has 1 atom stereocenters. The Kier molecular flexibility index (Phi) is 4.54. The van der Waals surface area contributed by atoms with Gasteiger partial charge in [0, 0.05) is 0 Å². The van der Waals surface area contributed by atoms with Crippen LogP contribution in [0, 0.1) is 0 Å². The highest BCUT2D eigenvalue weighted by Gasteiger charge is 2.31. The fourth-order valence-corrected chi connectivity index (χ4v) is 1.79. The molecule has 1 saturated heterocycles. The summed E-state index contributed by atoms with van der Waals surface area (Å²) in [6.45, 7) is 6.32. The van der Waals surface area contributed by atoms with Crippen LogP contribution in [-0.4, -0.2) is 31.1 Å². The first-order chi connectivity index (χ1) is 6.94. The molecule has 0 amide bonds. The van der Waals surface area contributed by atoms with E-state index in [4.69, 9.17) is 14.2 Å². The topological polar surface area (TPSA) is 44.8 Å². The van der Waals surface area contributed by atoms with E-state index in [0.29, 0.717) is 16.8 Å². The van der Waals surface area contributed by atoms with Crippen LogP contribution in [0.4, 0.5) is 0 Å². The summed E-state index contributed by atoms with van der Waals surface area (Å²) < 4.78 is 16.3. The van der Waals surface area contributed by atoms with Crippen molar-refractivity contribution in [2.75, 3.05) is 13.2 Å². The fraction of sp³-hybridized carbons (Fsp3) is 0.700. The van der Waals surface area contributed by atoms with Crippen LogP contribution in [0.5, 0.6) is 0 Å². The molecule has 1 rings (SSSR count). The van der Waals surface area contributed by atoms with Gasteiger partial charge in [0.2, 0.25) is 0 Å². The lowest BCUT2D eigenvalue weighted by molar-refractivity contribution is -0.138. The molecule has 1 aliphatic rings. The Labute approximate surface area is 103 Å². The average Bonchev–Trinajstić information content (AvgIpc) is 2.46. The molecule has 86 valence electrons. The molecular weight excluding hydrogens is 311 g/mol. The van der Waals surface area contributed by atoms with Gasteiger partial charge in [-0.25, -0.2) is 4.79 Å². The lowest BCUT2D eigenvalue weighted by Crippen LogP contribution is -2.21. The van der Waals surface area contributed by atoms with Crippen molar-refractivity contribution in [3.63, 3.8) is 0 Å². The summed E-state index contributed by atoms with van der Waals surface area (Å²) in [5.41, 5.74) is 0. The zero-order valence-corrected chi connectivity index (χ0v) is 11.2. The van der Waals surface area contributed by atoms with Gasteiger partial charge in [-0.2, -0.15) is 0 Å². The van der Waals surface area contributed by atoms with E-state index in [1.54, 1.807) is 13.0 Å². The number of carbonyl (C=O) groups is 1. The highest BCUT2D eigenvalue weighted by molar-refractivity contribution is 14.1. The van der Waals surface area contributed by atoms with E-state index in [1.165, 1.54) is 0 Å². The monoisotopic (exact) mass is 326 g/mol. The number of halogens is 1. The fourth-order valence-electron chi connectivity index (χ4n) is 1.23. The molecule has 0 aromatic carbocycles. The summed E-state index contributed by atoms with van der Waals surface area (Å²) in [4.78, 5) is 11.3. The molecule has 15 heavy (non-hydrogen) atoms. The Morgan fingerprint density at radius 1 is 1.67 bits per heavy atom. The summed E-state index contributed by atoms with van der Waals surface area (Å²) >= 11 is 1.94. The van der Waals surface area contributed by atoms with Gasteiger partial charge < -0.3 is 14.2 Å². The predicted octanol–water partition coefficient (Wildman–Crippen LogP) is 2.02. The number of esters is 1. The van der Waals surface area contributed by atoms with Crippen molar-refractivity contribution in [2.24, 2.45) is 0 Å². The molecule has 5 heteroatoms. The number of ether oxygens (including phenoxy) is 3. The van der Waals surface area contributed by atoms with Gasteiger partial charge in [-0.1, -0.05) is 0 Å². The van der Waals surface area contributed by atoms with Crippen LogP contribution in [0.25, 0.3) is 0 Å². The normalized spacial score (nSPS) is 25.3. The van der Waals surface area contributed by atoms with Gasteiger partial charge in [0.25, 0.3) is 0 Å². The van der Waals surface area contributed by atoms with Crippen LogP contribution < -0.4 is 0 Å². The zero-order valence-electron chi connectivity index (χ0n) is 9.08. The lowest BCUT2D eigenvalue weighted by atomic mass is 10.3. The third-order valence-corrected chi connectivity index (χ3v) is 2.63. The van der Waals surface area contributed by atoms with Gasteiger partial charge in [-0.3, -0.25) is 0 Å². The Hall–Kier alpha value is -0.140. The molecule has 1 fully saturated rings. The first-order valence-corrected chi connectivity index (χ1v) is 5.88. The Balaban J connectivity index is 2.53.